The lowest BCUT2D eigenvalue weighted by Gasteiger charge is -2.20. The van der Waals surface area contributed by atoms with Gasteiger partial charge >= 0.3 is 0 Å². The number of ether oxygens (including phenoxy) is 2. The molecule has 0 bridgehead atoms. The molecule has 4 N–H and O–H groups in total. The Morgan fingerprint density at radius 3 is 1.68 bits per heavy atom. The number of methoxy groups -OCH3 is 1. The van der Waals surface area contributed by atoms with Crippen LogP contribution < -0.4 is 20.6 Å². The Bertz CT molecular complexity index is 1920. The summed E-state index contributed by atoms with van der Waals surface area (Å²) in [6.45, 7) is 4.36. The van der Waals surface area contributed by atoms with Crippen LogP contribution in [0.25, 0.3) is 22.5 Å². The van der Waals surface area contributed by atoms with Crippen molar-refractivity contribution in [3.63, 3.8) is 0 Å². The highest BCUT2D eigenvalue weighted by molar-refractivity contribution is 9.10. The maximum atomic E-state index is 13.6. The standard InChI is InChI=1S/C35H31BrN4O4/c1-20-4-10-23(11-5-20)32-30(34(41)39-37-32)29(31-33(38-40-35(31)42)24-12-6-21(2)7-13-24)25-14-17-27(28(18-25)43-3)44-19-22-8-15-26(36)16-9-22/h4-18,29H,19H2,1-3H3,(H2,37,39,41)(H2,38,40,42). The van der Waals surface area contributed by atoms with E-state index in [1.165, 1.54) is 0 Å². The molecule has 6 aromatic rings. The quantitative estimate of drug-likeness (QED) is 0.132. The van der Waals surface area contributed by atoms with Crippen LogP contribution >= 0.6 is 15.9 Å². The zero-order valence-electron chi connectivity index (χ0n) is 24.5. The normalized spacial score (nSPS) is 11.2. The topological polar surface area (TPSA) is 116 Å². The molecule has 0 radical (unpaired) electrons. The molecular weight excluding hydrogens is 620 g/mol. The Morgan fingerprint density at radius 1 is 0.659 bits per heavy atom. The summed E-state index contributed by atoms with van der Waals surface area (Å²) in [7, 11) is 1.57. The second-order valence-electron chi connectivity index (χ2n) is 10.7. The van der Waals surface area contributed by atoms with E-state index in [-0.39, 0.29) is 11.1 Å². The number of aromatic nitrogens is 4. The molecular formula is C35H31BrN4O4. The number of nitrogens with one attached hydrogen (secondary N) is 4. The van der Waals surface area contributed by atoms with Crippen molar-refractivity contribution in [2.45, 2.75) is 26.4 Å². The van der Waals surface area contributed by atoms with Crippen molar-refractivity contribution in [3.05, 3.63) is 150 Å². The SMILES string of the molecule is COc1cc(C(c2c(-c3ccc(C)cc3)[nH][nH]c2=O)c2c(-c3ccc(C)cc3)[nH][nH]c2=O)ccc1OCc1ccc(Br)cc1. The van der Waals surface area contributed by atoms with Crippen LogP contribution in [0.2, 0.25) is 0 Å². The van der Waals surface area contributed by atoms with E-state index in [1.807, 2.05) is 105 Å². The van der Waals surface area contributed by atoms with Crippen molar-refractivity contribution in [2.75, 3.05) is 7.11 Å². The first-order valence-electron chi connectivity index (χ1n) is 14.1. The molecule has 222 valence electrons. The molecule has 0 saturated carbocycles. The molecule has 0 aliphatic heterocycles. The third-order valence-corrected chi connectivity index (χ3v) is 8.25. The van der Waals surface area contributed by atoms with E-state index in [0.29, 0.717) is 46.2 Å². The summed E-state index contributed by atoms with van der Waals surface area (Å²) in [5.41, 5.74) is 6.90. The van der Waals surface area contributed by atoms with Crippen molar-refractivity contribution in [2.24, 2.45) is 0 Å². The third kappa shape index (κ3) is 5.78. The zero-order chi connectivity index (χ0) is 30.8. The summed E-state index contributed by atoms with van der Waals surface area (Å²) < 4.78 is 12.9. The minimum Gasteiger partial charge on any atom is -0.493 e. The molecule has 2 aromatic heterocycles. The van der Waals surface area contributed by atoms with Crippen LogP contribution in [-0.2, 0) is 6.61 Å². The van der Waals surface area contributed by atoms with Gasteiger partial charge in [-0.15, -0.1) is 0 Å². The lowest BCUT2D eigenvalue weighted by molar-refractivity contribution is 0.284. The van der Waals surface area contributed by atoms with E-state index in [1.54, 1.807) is 7.11 Å². The molecule has 0 aliphatic carbocycles. The summed E-state index contributed by atoms with van der Waals surface area (Å²) in [4.78, 5) is 27.3. The van der Waals surface area contributed by atoms with E-state index >= 15 is 0 Å². The van der Waals surface area contributed by atoms with Crippen LogP contribution in [0, 0.1) is 13.8 Å². The number of aryl methyl sites for hydroxylation is 2. The summed E-state index contributed by atoms with van der Waals surface area (Å²) in [5, 5.41) is 11.7. The van der Waals surface area contributed by atoms with Gasteiger partial charge in [0, 0.05) is 10.4 Å². The third-order valence-electron chi connectivity index (χ3n) is 7.72. The van der Waals surface area contributed by atoms with Gasteiger partial charge in [-0.1, -0.05) is 93.8 Å². The number of aromatic amines is 4. The van der Waals surface area contributed by atoms with Gasteiger partial charge in [0.25, 0.3) is 11.1 Å². The van der Waals surface area contributed by atoms with Gasteiger partial charge < -0.3 is 9.47 Å². The van der Waals surface area contributed by atoms with Crippen molar-refractivity contribution >= 4 is 15.9 Å². The van der Waals surface area contributed by atoms with Gasteiger partial charge in [-0.2, -0.15) is 0 Å². The Hall–Kier alpha value is -5.02. The molecule has 0 saturated heterocycles. The fourth-order valence-corrected chi connectivity index (χ4v) is 5.65. The van der Waals surface area contributed by atoms with E-state index in [2.05, 4.69) is 36.3 Å². The monoisotopic (exact) mass is 650 g/mol. The molecule has 0 fully saturated rings. The highest BCUT2D eigenvalue weighted by Gasteiger charge is 2.32. The van der Waals surface area contributed by atoms with E-state index in [9.17, 15) is 9.59 Å². The van der Waals surface area contributed by atoms with Crippen LogP contribution in [-0.4, -0.2) is 27.5 Å². The molecule has 0 unspecified atom stereocenters. The second kappa shape index (κ2) is 12.3. The van der Waals surface area contributed by atoms with Crippen LogP contribution in [0.1, 0.15) is 39.3 Å². The lowest BCUT2D eigenvalue weighted by atomic mass is 9.83. The zero-order valence-corrected chi connectivity index (χ0v) is 26.0. The van der Waals surface area contributed by atoms with Gasteiger partial charge in [-0.25, -0.2) is 0 Å². The Morgan fingerprint density at radius 2 is 1.18 bits per heavy atom. The smallest absolute Gasteiger partial charge is 0.268 e. The highest BCUT2D eigenvalue weighted by Crippen LogP contribution is 2.40. The second-order valence-corrected chi connectivity index (χ2v) is 11.6. The predicted molar refractivity (Wildman–Crippen MR) is 176 cm³/mol. The summed E-state index contributed by atoms with van der Waals surface area (Å²) in [5.74, 6) is 0.265. The lowest BCUT2D eigenvalue weighted by Crippen LogP contribution is -2.20. The van der Waals surface area contributed by atoms with Crippen LogP contribution in [0.5, 0.6) is 11.5 Å². The molecule has 44 heavy (non-hydrogen) atoms. The summed E-state index contributed by atoms with van der Waals surface area (Å²) in [6.07, 6.45) is 0. The predicted octanol–water partition coefficient (Wildman–Crippen LogP) is 7.20. The van der Waals surface area contributed by atoms with Crippen LogP contribution in [0.3, 0.4) is 0 Å². The molecule has 2 heterocycles. The fourth-order valence-electron chi connectivity index (χ4n) is 5.38. The molecule has 0 spiro atoms. The van der Waals surface area contributed by atoms with E-state index < -0.39 is 5.92 Å². The van der Waals surface area contributed by atoms with Gasteiger partial charge in [-0.05, 0) is 60.4 Å². The number of hydrogen-bond donors (Lipinski definition) is 4. The maximum Gasteiger partial charge on any atom is 0.268 e. The van der Waals surface area contributed by atoms with Gasteiger partial charge in [0.15, 0.2) is 11.5 Å². The number of benzene rings is 4. The first-order chi connectivity index (χ1) is 21.3. The van der Waals surface area contributed by atoms with Crippen molar-refractivity contribution in [1.29, 1.82) is 0 Å². The van der Waals surface area contributed by atoms with Crippen LogP contribution in [0.4, 0.5) is 0 Å². The highest BCUT2D eigenvalue weighted by atomic mass is 79.9. The summed E-state index contributed by atoms with van der Waals surface area (Å²) >= 11 is 3.46. The largest absolute Gasteiger partial charge is 0.493 e. The summed E-state index contributed by atoms with van der Waals surface area (Å²) in [6, 6.07) is 29.2. The average molecular weight is 652 g/mol. The van der Waals surface area contributed by atoms with Gasteiger partial charge in [0.1, 0.15) is 6.61 Å². The molecule has 6 rings (SSSR count). The average Bonchev–Trinajstić information content (AvgIpc) is 3.60. The molecule has 9 heteroatoms. The molecule has 8 nitrogen and oxygen atoms in total. The first-order valence-corrected chi connectivity index (χ1v) is 14.9. The Balaban J connectivity index is 1.51. The van der Waals surface area contributed by atoms with Gasteiger partial charge in [0.2, 0.25) is 0 Å². The van der Waals surface area contributed by atoms with Gasteiger partial charge in [0.05, 0.1) is 29.6 Å². The minimum atomic E-state index is -0.762. The molecule has 0 aliphatic rings. The van der Waals surface area contributed by atoms with Crippen molar-refractivity contribution < 1.29 is 9.47 Å². The van der Waals surface area contributed by atoms with Crippen molar-refractivity contribution in [1.82, 2.24) is 20.4 Å². The Kier molecular flexibility index (Phi) is 8.13. The number of H-pyrrole nitrogens is 4. The van der Waals surface area contributed by atoms with Crippen molar-refractivity contribution in [3.8, 4) is 34.0 Å². The van der Waals surface area contributed by atoms with E-state index in [4.69, 9.17) is 9.47 Å². The maximum absolute atomic E-state index is 13.6. The number of hydrogen-bond acceptors (Lipinski definition) is 4. The molecule has 0 atom stereocenters. The Labute approximate surface area is 262 Å². The van der Waals surface area contributed by atoms with Crippen LogP contribution in [0.15, 0.2) is 105 Å². The number of halogens is 1. The minimum absolute atomic E-state index is 0.324. The van der Waals surface area contributed by atoms with Gasteiger partial charge in [-0.3, -0.25) is 30.0 Å². The fraction of sp³-hybridized carbons (Fsp3) is 0.143. The number of rotatable bonds is 9. The molecule has 4 aromatic carbocycles. The molecule has 0 amide bonds. The van der Waals surface area contributed by atoms with E-state index in [0.717, 1.165) is 32.3 Å². The first kappa shape index (κ1) is 29.1.